The summed E-state index contributed by atoms with van der Waals surface area (Å²) in [6.45, 7) is 2.70. The molecule has 3 heterocycles. The lowest BCUT2D eigenvalue weighted by atomic mass is 10.3. The fourth-order valence-corrected chi connectivity index (χ4v) is 4.69. The molecule has 1 amide bonds. The van der Waals surface area contributed by atoms with Gasteiger partial charge in [0, 0.05) is 31.0 Å². The number of thioether (sulfide) groups is 1. The van der Waals surface area contributed by atoms with Crippen LogP contribution < -0.4 is 0 Å². The van der Waals surface area contributed by atoms with Crippen molar-refractivity contribution in [1.29, 1.82) is 0 Å². The van der Waals surface area contributed by atoms with E-state index in [0.29, 0.717) is 32.7 Å². The van der Waals surface area contributed by atoms with Crippen LogP contribution in [0.1, 0.15) is 12.8 Å². The van der Waals surface area contributed by atoms with E-state index in [9.17, 15) is 4.79 Å². The van der Waals surface area contributed by atoms with Crippen molar-refractivity contribution in [2.24, 2.45) is 0 Å². The lowest BCUT2D eigenvalue weighted by Crippen LogP contribution is -2.40. The molecule has 6 nitrogen and oxygen atoms in total. The van der Waals surface area contributed by atoms with Crippen LogP contribution in [0.4, 0.5) is 0 Å². The minimum absolute atomic E-state index is 0.215. The van der Waals surface area contributed by atoms with Crippen LogP contribution in [-0.2, 0) is 9.53 Å². The van der Waals surface area contributed by atoms with E-state index in [1.165, 1.54) is 0 Å². The number of benzene rings is 1. The Labute approximate surface area is 172 Å². The van der Waals surface area contributed by atoms with Gasteiger partial charge in [0.2, 0.25) is 5.91 Å². The standard InChI is InChI=1S/C20H22N4O2S2/c25-18(23-10-12-26-13-11-23)9-5-15-28-20-22-21-19(17-8-4-14-27-17)24(20)16-6-2-1-3-7-16/h1-4,6-8,14H,5,9-13,15H2. The predicted octanol–water partition coefficient (Wildman–Crippen LogP) is 3.73. The average Bonchev–Trinajstić information content (AvgIpc) is 3.42. The Hall–Kier alpha value is -2.16. The van der Waals surface area contributed by atoms with Gasteiger partial charge in [-0.2, -0.15) is 0 Å². The number of thiophene rings is 1. The highest BCUT2D eigenvalue weighted by atomic mass is 32.2. The minimum atomic E-state index is 0.215. The first-order valence-electron chi connectivity index (χ1n) is 9.36. The second kappa shape index (κ2) is 9.36. The van der Waals surface area contributed by atoms with Gasteiger partial charge < -0.3 is 9.64 Å². The van der Waals surface area contributed by atoms with Gasteiger partial charge in [0.15, 0.2) is 11.0 Å². The Kier molecular flexibility index (Phi) is 6.41. The molecule has 1 aromatic carbocycles. The summed E-state index contributed by atoms with van der Waals surface area (Å²) in [6, 6.07) is 14.2. The van der Waals surface area contributed by atoms with E-state index in [-0.39, 0.29) is 5.91 Å². The summed E-state index contributed by atoms with van der Waals surface area (Å²) in [4.78, 5) is 15.3. The number of amides is 1. The van der Waals surface area contributed by atoms with Gasteiger partial charge in [-0.05, 0) is 30.0 Å². The fourth-order valence-electron chi connectivity index (χ4n) is 3.10. The molecule has 1 aliphatic heterocycles. The van der Waals surface area contributed by atoms with Crippen LogP contribution in [0.15, 0.2) is 53.0 Å². The van der Waals surface area contributed by atoms with Gasteiger partial charge in [0.1, 0.15) is 0 Å². The number of carbonyl (C=O) groups is 1. The van der Waals surface area contributed by atoms with Crippen LogP contribution in [0.2, 0.25) is 0 Å². The van der Waals surface area contributed by atoms with Crippen molar-refractivity contribution in [3.8, 4) is 16.4 Å². The maximum atomic E-state index is 12.3. The molecule has 0 unspecified atom stereocenters. The van der Waals surface area contributed by atoms with Gasteiger partial charge in [-0.15, -0.1) is 21.5 Å². The number of carbonyl (C=O) groups excluding carboxylic acids is 1. The zero-order valence-electron chi connectivity index (χ0n) is 15.5. The summed E-state index contributed by atoms with van der Waals surface area (Å²) < 4.78 is 7.40. The highest BCUT2D eigenvalue weighted by Gasteiger charge is 2.18. The first-order valence-corrected chi connectivity index (χ1v) is 11.2. The van der Waals surface area contributed by atoms with E-state index in [2.05, 4.69) is 33.0 Å². The maximum Gasteiger partial charge on any atom is 0.222 e. The average molecular weight is 415 g/mol. The van der Waals surface area contributed by atoms with E-state index in [4.69, 9.17) is 4.74 Å². The molecule has 3 aromatic rings. The topological polar surface area (TPSA) is 60.2 Å². The van der Waals surface area contributed by atoms with Crippen molar-refractivity contribution < 1.29 is 9.53 Å². The zero-order chi connectivity index (χ0) is 19.2. The minimum Gasteiger partial charge on any atom is -0.378 e. The second-order valence-corrected chi connectivity index (χ2v) is 8.41. The molecule has 1 aliphatic rings. The van der Waals surface area contributed by atoms with Crippen molar-refractivity contribution in [3.05, 3.63) is 47.8 Å². The van der Waals surface area contributed by atoms with Crippen molar-refractivity contribution in [2.45, 2.75) is 18.0 Å². The number of ether oxygens (including phenoxy) is 1. The Morgan fingerprint density at radius 1 is 1.11 bits per heavy atom. The Morgan fingerprint density at radius 2 is 1.93 bits per heavy atom. The third kappa shape index (κ3) is 4.45. The van der Waals surface area contributed by atoms with E-state index >= 15 is 0 Å². The highest BCUT2D eigenvalue weighted by molar-refractivity contribution is 7.99. The van der Waals surface area contributed by atoms with E-state index in [1.54, 1.807) is 23.1 Å². The second-order valence-electron chi connectivity index (χ2n) is 6.40. The molecule has 0 radical (unpaired) electrons. The number of aromatic nitrogens is 3. The van der Waals surface area contributed by atoms with Gasteiger partial charge in [-0.25, -0.2) is 0 Å². The van der Waals surface area contributed by atoms with Crippen molar-refractivity contribution in [3.63, 3.8) is 0 Å². The summed E-state index contributed by atoms with van der Waals surface area (Å²) in [6.07, 6.45) is 1.38. The first kappa shape index (κ1) is 19.2. The Balaban J connectivity index is 1.42. The molecule has 2 aromatic heterocycles. The van der Waals surface area contributed by atoms with Crippen LogP contribution in [0, 0.1) is 0 Å². The zero-order valence-corrected chi connectivity index (χ0v) is 17.1. The molecule has 0 bridgehead atoms. The molecular formula is C20H22N4O2S2. The largest absolute Gasteiger partial charge is 0.378 e. The maximum absolute atomic E-state index is 12.3. The molecule has 0 aliphatic carbocycles. The molecule has 1 fully saturated rings. The summed E-state index contributed by atoms with van der Waals surface area (Å²) in [5.41, 5.74) is 1.04. The normalized spacial score (nSPS) is 14.4. The summed E-state index contributed by atoms with van der Waals surface area (Å²) in [7, 11) is 0. The molecule has 0 atom stereocenters. The van der Waals surface area contributed by atoms with E-state index in [1.807, 2.05) is 34.5 Å². The molecule has 0 N–H and O–H groups in total. The molecule has 1 saturated heterocycles. The molecule has 0 spiro atoms. The van der Waals surface area contributed by atoms with Gasteiger partial charge in [0.25, 0.3) is 0 Å². The predicted molar refractivity (Wildman–Crippen MR) is 112 cm³/mol. The number of rotatable bonds is 7. The smallest absolute Gasteiger partial charge is 0.222 e. The van der Waals surface area contributed by atoms with Crippen LogP contribution in [0.25, 0.3) is 16.4 Å². The fraction of sp³-hybridized carbons (Fsp3) is 0.350. The Bertz CT molecular complexity index is 890. The van der Waals surface area contributed by atoms with Crippen molar-refractivity contribution >= 4 is 29.0 Å². The summed E-state index contributed by atoms with van der Waals surface area (Å²) >= 11 is 3.30. The van der Waals surface area contributed by atoms with Gasteiger partial charge >= 0.3 is 0 Å². The molecule has 28 heavy (non-hydrogen) atoms. The lowest BCUT2D eigenvalue weighted by Gasteiger charge is -2.26. The monoisotopic (exact) mass is 414 g/mol. The SMILES string of the molecule is O=C(CCCSc1nnc(-c2cccs2)n1-c1ccccc1)N1CCOCC1. The van der Waals surface area contributed by atoms with Crippen molar-refractivity contribution in [2.75, 3.05) is 32.1 Å². The van der Waals surface area contributed by atoms with Crippen molar-refractivity contribution in [1.82, 2.24) is 19.7 Å². The molecule has 0 saturated carbocycles. The van der Waals surface area contributed by atoms with Crippen LogP contribution >= 0.6 is 23.1 Å². The first-order chi connectivity index (χ1) is 13.8. The van der Waals surface area contributed by atoms with Crippen LogP contribution in [0.5, 0.6) is 0 Å². The number of hydrogen-bond donors (Lipinski definition) is 0. The van der Waals surface area contributed by atoms with Gasteiger partial charge in [0.05, 0.1) is 18.1 Å². The Morgan fingerprint density at radius 3 is 2.68 bits per heavy atom. The summed E-state index contributed by atoms with van der Waals surface area (Å²) in [5.74, 6) is 1.90. The van der Waals surface area contributed by atoms with Gasteiger partial charge in [-0.3, -0.25) is 9.36 Å². The third-order valence-corrected chi connectivity index (χ3v) is 6.40. The number of hydrogen-bond acceptors (Lipinski definition) is 6. The molecular weight excluding hydrogens is 392 g/mol. The quantitative estimate of drug-likeness (QED) is 0.436. The summed E-state index contributed by atoms with van der Waals surface area (Å²) in [5, 5.41) is 11.8. The van der Waals surface area contributed by atoms with E-state index < -0.39 is 0 Å². The van der Waals surface area contributed by atoms with E-state index in [0.717, 1.165) is 33.7 Å². The molecule has 4 rings (SSSR count). The van der Waals surface area contributed by atoms with Gasteiger partial charge in [-0.1, -0.05) is 36.0 Å². The molecule has 146 valence electrons. The number of nitrogens with zero attached hydrogens (tertiary/aromatic N) is 4. The molecule has 8 heteroatoms. The number of para-hydroxylation sites is 1. The number of morpholine rings is 1. The third-order valence-electron chi connectivity index (χ3n) is 4.52. The lowest BCUT2D eigenvalue weighted by molar-refractivity contribution is -0.135. The van der Waals surface area contributed by atoms with Crippen LogP contribution in [0.3, 0.4) is 0 Å². The highest BCUT2D eigenvalue weighted by Crippen LogP contribution is 2.30. The van der Waals surface area contributed by atoms with Crippen LogP contribution in [-0.4, -0.2) is 57.6 Å².